The Kier molecular flexibility index (Phi) is 8.52. The number of esters is 2. The molecule has 0 N–H and O–H groups in total. The fourth-order valence-electron chi connectivity index (χ4n) is 1.33. The maximum atomic E-state index is 11.3. The van der Waals surface area contributed by atoms with E-state index in [1.165, 1.54) is 7.11 Å². The highest BCUT2D eigenvalue weighted by Gasteiger charge is 2.12. The smallest absolute Gasteiger partial charge is 0.320 e. The maximum absolute atomic E-state index is 11.3. The molecule has 0 rings (SSSR count). The summed E-state index contributed by atoms with van der Waals surface area (Å²) < 4.78 is 9.40. The standard InChI is InChI=1S/C11H21NO4/c1-4-7-12(8-6-10(13)15-3)9-11(14)16-5-2/h4-9H2,1-3H3. The molecule has 0 aliphatic rings. The fourth-order valence-corrected chi connectivity index (χ4v) is 1.33. The zero-order valence-corrected chi connectivity index (χ0v) is 10.3. The van der Waals surface area contributed by atoms with Crippen molar-refractivity contribution >= 4 is 11.9 Å². The Hall–Kier alpha value is -1.10. The molecule has 16 heavy (non-hydrogen) atoms. The van der Waals surface area contributed by atoms with Gasteiger partial charge in [0.25, 0.3) is 0 Å². The summed E-state index contributed by atoms with van der Waals surface area (Å²) in [5.41, 5.74) is 0. The van der Waals surface area contributed by atoms with Gasteiger partial charge in [-0.15, -0.1) is 0 Å². The SMILES string of the molecule is CCCN(CCC(=O)OC)CC(=O)OCC. The van der Waals surface area contributed by atoms with Crippen LogP contribution in [0.2, 0.25) is 0 Å². The first-order valence-electron chi connectivity index (χ1n) is 5.58. The van der Waals surface area contributed by atoms with Crippen LogP contribution in [0.5, 0.6) is 0 Å². The van der Waals surface area contributed by atoms with E-state index >= 15 is 0 Å². The minimum Gasteiger partial charge on any atom is -0.469 e. The number of rotatable bonds is 8. The van der Waals surface area contributed by atoms with E-state index < -0.39 is 0 Å². The Balaban J connectivity index is 3.96. The Bertz CT molecular complexity index is 218. The molecule has 0 saturated carbocycles. The number of hydrogen-bond acceptors (Lipinski definition) is 5. The Morgan fingerprint density at radius 2 is 1.81 bits per heavy atom. The van der Waals surface area contributed by atoms with Gasteiger partial charge < -0.3 is 9.47 Å². The van der Waals surface area contributed by atoms with Crippen LogP contribution >= 0.6 is 0 Å². The molecule has 0 saturated heterocycles. The van der Waals surface area contributed by atoms with E-state index in [0.717, 1.165) is 13.0 Å². The first-order valence-corrected chi connectivity index (χ1v) is 5.58. The average Bonchev–Trinajstić information content (AvgIpc) is 2.26. The van der Waals surface area contributed by atoms with E-state index in [2.05, 4.69) is 4.74 Å². The largest absolute Gasteiger partial charge is 0.469 e. The summed E-state index contributed by atoms with van der Waals surface area (Å²) in [6, 6.07) is 0. The van der Waals surface area contributed by atoms with Crippen molar-refractivity contribution in [3.8, 4) is 0 Å². The first kappa shape index (κ1) is 14.9. The third kappa shape index (κ3) is 7.23. The van der Waals surface area contributed by atoms with E-state index in [-0.39, 0.29) is 18.5 Å². The van der Waals surface area contributed by atoms with Crippen molar-refractivity contribution < 1.29 is 19.1 Å². The van der Waals surface area contributed by atoms with E-state index in [0.29, 0.717) is 19.6 Å². The van der Waals surface area contributed by atoms with Crippen LogP contribution in [0.3, 0.4) is 0 Å². The van der Waals surface area contributed by atoms with Gasteiger partial charge in [-0.25, -0.2) is 0 Å². The highest BCUT2D eigenvalue weighted by molar-refractivity contribution is 5.72. The molecule has 5 heteroatoms. The summed E-state index contributed by atoms with van der Waals surface area (Å²) in [7, 11) is 1.36. The van der Waals surface area contributed by atoms with Crippen molar-refractivity contribution in [3.05, 3.63) is 0 Å². The highest BCUT2D eigenvalue weighted by atomic mass is 16.5. The minimum absolute atomic E-state index is 0.235. The van der Waals surface area contributed by atoms with E-state index in [9.17, 15) is 9.59 Å². The predicted octanol–water partition coefficient (Wildman–Crippen LogP) is 0.825. The van der Waals surface area contributed by atoms with Crippen molar-refractivity contribution in [1.29, 1.82) is 0 Å². The highest BCUT2D eigenvalue weighted by Crippen LogP contribution is 1.96. The molecular formula is C11H21NO4. The molecule has 0 unspecified atom stereocenters. The molecule has 0 bridgehead atoms. The molecular weight excluding hydrogens is 210 g/mol. The van der Waals surface area contributed by atoms with Crippen LogP contribution in [0.25, 0.3) is 0 Å². The Labute approximate surface area is 96.7 Å². The predicted molar refractivity (Wildman–Crippen MR) is 60.0 cm³/mol. The van der Waals surface area contributed by atoms with E-state index in [4.69, 9.17) is 4.74 Å². The third-order valence-corrected chi connectivity index (χ3v) is 2.06. The summed E-state index contributed by atoms with van der Waals surface area (Å²) in [5.74, 6) is -0.509. The molecule has 0 aliphatic heterocycles. The average molecular weight is 231 g/mol. The Morgan fingerprint density at radius 1 is 1.12 bits per heavy atom. The van der Waals surface area contributed by atoms with Crippen molar-refractivity contribution in [2.75, 3.05) is 33.4 Å². The van der Waals surface area contributed by atoms with Gasteiger partial charge in [-0.1, -0.05) is 6.92 Å². The van der Waals surface area contributed by atoms with Crippen molar-refractivity contribution in [1.82, 2.24) is 4.90 Å². The zero-order chi connectivity index (χ0) is 12.4. The quantitative estimate of drug-likeness (QED) is 0.579. The molecule has 0 amide bonds. The number of hydrogen-bond donors (Lipinski definition) is 0. The lowest BCUT2D eigenvalue weighted by molar-refractivity contribution is -0.146. The molecule has 0 atom stereocenters. The summed E-state index contributed by atoms with van der Waals surface area (Å²) in [6.45, 7) is 5.72. The maximum Gasteiger partial charge on any atom is 0.320 e. The summed E-state index contributed by atoms with van der Waals surface area (Å²) in [5, 5.41) is 0. The number of ether oxygens (including phenoxy) is 2. The normalized spacial score (nSPS) is 10.2. The number of methoxy groups -OCH3 is 1. The van der Waals surface area contributed by atoms with Crippen LogP contribution in [0.4, 0.5) is 0 Å². The van der Waals surface area contributed by atoms with Crippen molar-refractivity contribution in [3.63, 3.8) is 0 Å². The van der Waals surface area contributed by atoms with Gasteiger partial charge in [0.15, 0.2) is 0 Å². The van der Waals surface area contributed by atoms with Crippen LogP contribution in [0.1, 0.15) is 26.7 Å². The molecule has 0 aromatic carbocycles. The van der Waals surface area contributed by atoms with Gasteiger partial charge in [0.2, 0.25) is 0 Å². The summed E-state index contributed by atoms with van der Waals surface area (Å²) in [6.07, 6.45) is 1.23. The molecule has 0 aromatic heterocycles. The van der Waals surface area contributed by atoms with Crippen LogP contribution in [-0.4, -0.2) is 50.2 Å². The van der Waals surface area contributed by atoms with Gasteiger partial charge in [-0.05, 0) is 19.9 Å². The second-order valence-corrected chi connectivity index (χ2v) is 3.41. The van der Waals surface area contributed by atoms with Crippen LogP contribution in [-0.2, 0) is 19.1 Å². The molecule has 5 nitrogen and oxygen atoms in total. The van der Waals surface area contributed by atoms with Crippen LogP contribution in [0.15, 0.2) is 0 Å². The zero-order valence-electron chi connectivity index (χ0n) is 10.3. The molecule has 0 radical (unpaired) electrons. The van der Waals surface area contributed by atoms with Crippen molar-refractivity contribution in [2.24, 2.45) is 0 Å². The lowest BCUT2D eigenvalue weighted by Crippen LogP contribution is -2.33. The second-order valence-electron chi connectivity index (χ2n) is 3.41. The van der Waals surface area contributed by atoms with E-state index in [1.54, 1.807) is 6.92 Å². The molecule has 0 aromatic rings. The van der Waals surface area contributed by atoms with Gasteiger partial charge in [0.1, 0.15) is 0 Å². The van der Waals surface area contributed by atoms with Gasteiger partial charge in [0, 0.05) is 6.54 Å². The number of carbonyl (C=O) groups is 2. The summed E-state index contributed by atoms with van der Waals surface area (Å²) >= 11 is 0. The molecule has 94 valence electrons. The lowest BCUT2D eigenvalue weighted by atomic mass is 10.3. The molecule has 0 spiro atoms. The summed E-state index contributed by atoms with van der Waals surface area (Å²) in [4.78, 5) is 24.1. The van der Waals surface area contributed by atoms with Crippen LogP contribution in [0, 0.1) is 0 Å². The Morgan fingerprint density at radius 3 is 2.31 bits per heavy atom. The number of nitrogens with zero attached hydrogens (tertiary/aromatic N) is 1. The van der Waals surface area contributed by atoms with Gasteiger partial charge in [-0.2, -0.15) is 0 Å². The molecule has 0 fully saturated rings. The van der Waals surface area contributed by atoms with Gasteiger partial charge >= 0.3 is 11.9 Å². The van der Waals surface area contributed by atoms with Crippen LogP contribution < -0.4 is 0 Å². The minimum atomic E-state index is -0.259. The van der Waals surface area contributed by atoms with Crippen molar-refractivity contribution in [2.45, 2.75) is 26.7 Å². The van der Waals surface area contributed by atoms with Gasteiger partial charge in [0.05, 0.1) is 26.7 Å². The van der Waals surface area contributed by atoms with E-state index in [1.807, 2.05) is 11.8 Å². The van der Waals surface area contributed by atoms with Gasteiger partial charge in [-0.3, -0.25) is 14.5 Å². The second kappa shape index (κ2) is 9.15. The third-order valence-electron chi connectivity index (χ3n) is 2.06. The molecule has 0 aliphatic carbocycles. The number of carbonyl (C=O) groups excluding carboxylic acids is 2. The first-order chi connectivity index (χ1) is 7.63. The fraction of sp³-hybridized carbons (Fsp3) is 0.818. The topological polar surface area (TPSA) is 55.8 Å². The monoisotopic (exact) mass is 231 g/mol. The lowest BCUT2D eigenvalue weighted by Gasteiger charge is -2.19. The molecule has 0 heterocycles.